The lowest BCUT2D eigenvalue weighted by atomic mass is 10.2. The first-order valence-corrected chi connectivity index (χ1v) is 7.70. The van der Waals surface area contributed by atoms with Crippen LogP contribution < -0.4 is 0 Å². The quantitative estimate of drug-likeness (QED) is 0.568. The van der Waals surface area contributed by atoms with Crippen LogP contribution in [0.15, 0.2) is 53.0 Å². The van der Waals surface area contributed by atoms with Crippen LogP contribution in [0.25, 0.3) is 22.8 Å². The highest BCUT2D eigenvalue weighted by Gasteiger charge is 2.10. The van der Waals surface area contributed by atoms with Crippen LogP contribution in [0.2, 0.25) is 0 Å². The zero-order chi connectivity index (χ0) is 13.9. The summed E-state index contributed by atoms with van der Waals surface area (Å²) in [4.78, 5) is 0. The van der Waals surface area contributed by atoms with E-state index in [2.05, 4.69) is 58.9 Å². The van der Waals surface area contributed by atoms with E-state index in [4.69, 9.17) is 0 Å². The van der Waals surface area contributed by atoms with Gasteiger partial charge < -0.3 is 0 Å². The van der Waals surface area contributed by atoms with Gasteiger partial charge in [0.1, 0.15) is 0 Å². The maximum Gasteiger partial charge on any atom is 0.204 e. The molecule has 0 atom stereocenters. The standard InChI is InChI=1S/C14H8BrIN4/c15-11-7-3-1-5-9(11)13-17-19-14(20-18-13)10-6-2-4-8-12(10)16/h1-8H. The molecule has 6 heteroatoms. The number of nitrogens with zero attached hydrogens (tertiary/aromatic N) is 4. The molecule has 0 aliphatic carbocycles. The number of hydrogen-bond acceptors (Lipinski definition) is 4. The van der Waals surface area contributed by atoms with Crippen LogP contribution in [0, 0.1) is 3.57 Å². The summed E-state index contributed by atoms with van der Waals surface area (Å²) in [6.07, 6.45) is 0. The van der Waals surface area contributed by atoms with Crippen LogP contribution in [0.5, 0.6) is 0 Å². The fourth-order valence-electron chi connectivity index (χ4n) is 1.73. The van der Waals surface area contributed by atoms with Gasteiger partial charge in [-0.3, -0.25) is 0 Å². The first-order chi connectivity index (χ1) is 9.75. The van der Waals surface area contributed by atoms with Crippen molar-refractivity contribution in [2.75, 3.05) is 0 Å². The largest absolute Gasteiger partial charge is 0.204 e. The van der Waals surface area contributed by atoms with Crippen LogP contribution in [0.3, 0.4) is 0 Å². The van der Waals surface area contributed by atoms with Gasteiger partial charge in [-0.2, -0.15) is 0 Å². The summed E-state index contributed by atoms with van der Waals surface area (Å²) in [5.74, 6) is 1.04. The van der Waals surface area contributed by atoms with E-state index in [9.17, 15) is 0 Å². The Hall–Kier alpha value is -1.41. The van der Waals surface area contributed by atoms with Crippen molar-refractivity contribution in [3.05, 3.63) is 56.6 Å². The Kier molecular flexibility index (Phi) is 4.02. The fourth-order valence-corrected chi connectivity index (χ4v) is 2.82. The molecular weight excluding hydrogens is 431 g/mol. The van der Waals surface area contributed by atoms with Crippen molar-refractivity contribution in [1.29, 1.82) is 0 Å². The van der Waals surface area contributed by atoms with Crippen LogP contribution in [0.1, 0.15) is 0 Å². The molecule has 0 N–H and O–H groups in total. The molecule has 1 heterocycles. The second kappa shape index (κ2) is 5.92. The number of benzene rings is 2. The van der Waals surface area contributed by atoms with Gasteiger partial charge in [-0.1, -0.05) is 40.2 Å². The monoisotopic (exact) mass is 438 g/mol. The zero-order valence-corrected chi connectivity index (χ0v) is 13.9. The molecule has 0 unspecified atom stereocenters. The minimum Gasteiger partial charge on any atom is -0.126 e. The van der Waals surface area contributed by atoms with E-state index in [-0.39, 0.29) is 0 Å². The lowest BCUT2D eigenvalue weighted by molar-refractivity contribution is 0.875. The van der Waals surface area contributed by atoms with E-state index in [1.165, 1.54) is 0 Å². The first kappa shape index (κ1) is 13.6. The minimum atomic E-state index is 0.507. The average Bonchev–Trinajstić information content (AvgIpc) is 2.49. The predicted molar refractivity (Wildman–Crippen MR) is 88.9 cm³/mol. The van der Waals surface area contributed by atoms with Crippen LogP contribution in [-0.4, -0.2) is 20.4 Å². The van der Waals surface area contributed by atoms with Crippen molar-refractivity contribution in [3.63, 3.8) is 0 Å². The Labute approximate surface area is 137 Å². The summed E-state index contributed by atoms with van der Waals surface area (Å²) in [6, 6.07) is 15.6. The van der Waals surface area contributed by atoms with Gasteiger partial charge >= 0.3 is 0 Å². The number of rotatable bonds is 2. The van der Waals surface area contributed by atoms with Gasteiger partial charge in [0.15, 0.2) is 0 Å². The van der Waals surface area contributed by atoms with Crippen LogP contribution in [-0.2, 0) is 0 Å². The maximum absolute atomic E-state index is 4.18. The van der Waals surface area contributed by atoms with Gasteiger partial charge in [0.05, 0.1) is 0 Å². The molecule has 3 rings (SSSR count). The van der Waals surface area contributed by atoms with E-state index in [1.54, 1.807) is 0 Å². The summed E-state index contributed by atoms with van der Waals surface area (Å²) in [6.45, 7) is 0. The molecule has 0 saturated carbocycles. The molecule has 1 aromatic heterocycles. The fraction of sp³-hybridized carbons (Fsp3) is 0. The average molecular weight is 439 g/mol. The Balaban J connectivity index is 2.01. The summed E-state index contributed by atoms with van der Waals surface area (Å²) >= 11 is 5.72. The normalized spacial score (nSPS) is 10.5. The first-order valence-electron chi connectivity index (χ1n) is 5.83. The molecule has 0 saturated heterocycles. The van der Waals surface area contributed by atoms with E-state index < -0.39 is 0 Å². The molecule has 20 heavy (non-hydrogen) atoms. The Morgan fingerprint density at radius 2 is 1.20 bits per heavy atom. The molecule has 3 aromatic rings. The summed E-state index contributed by atoms with van der Waals surface area (Å²) < 4.78 is 1.99. The third-order valence-corrected chi connectivity index (χ3v) is 4.34. The number of aromatic nitrogens is 4. The van der Waals surface area contributed by atoms with Gasteiger partial charge in [0.25, 0.3) is 0 Å². The second-order valence-electron chi connectivity index (χ2n) is 4.01. The highest BCUT2D eigenvalue weighted by molar-refractivity contribution is 14.1. The van der Waals surface area contributed by atoms with Gasteiger partial charge in [0.2, 0.25) is 11.6 Å². The smallest absolute Gasteiger partial charge is 0.126 e. The highest BCUT2D eigenvalue weighted by atomic mass is 127. The summed E-state index contributed by atoms with van der Waals surface area (Å²) in [5.41, 5.74) is 1.81. The molecule has 0 radical (unpaired) electrons. The SMILES string of the molecule is Brc1ccccc1-c1nnc(-c2ccccc2I)nn1. The van der Waals surface area contributed by atoms with Gasteiger partial charge in [-0.25, -0.2) is 0 Å². The van der Waals surface area contributed by atoms with E-state index in [1.807, 2.05) is 48.5 Å². The summed E-state index contributed by atoms with van der Waals surface area (Å²) in [7, 11) is 0. The molecule has 0 bridgehead atoms. The van der Waals surface area contributed by atoms with Crippen molar-refractivity contribution in [3.8, 4) is 22.8 Å². The van der Waals surface area contributed by atoms with E-state index >= 15 is 0 Å². The third kappa shape index (κ3) is 2.71. The molecule has 0 fully saturated rings. The maximum atomic E-state index is 4.18. The van der Waals surface area contributed by atoms with Crippen molar-refractivity contribution >= 4 is 38.5 Å². The Morgan fingerprint density at radius 3 is 1.80 bits per heavy atom. The topological polar surface area (TPSA) is 51.6 Å². The molecule has 0 aliphatic heterocycles. The van der Waals surface area contributed by atoms with Crippen molar-refractivity contribution in [1.82, 2.24) is 20.4 Å². The van der Waals surface area contributed by atoms with Gasteiger partial charge in [-0.15, -0.1) is 20.4 Å². The molecule has 4 nitrogen and oxygen atoms in total. The number of hydrogen-bond donors (Lipinski definition) is 0. The predicted octanol–water partition coefficient (Wildman–Crippen LogP) is 3.97. The van der Waals surface area contributed by atoms with E-state index in [0.29, 0.717) is 11.6 Å². The van der Waals surface area contributed by atoms with Crippen molar-refractivity contribution in [2.45, 2.75) is 0 Å². The second-order valence-corrected chi connectivity index (χ2v) is 6.02. The van der Waals surface area contributed by atoms with Gasteiger partial charge in [-0.05, 0) is 46.9 Å². The van der Waals surface area contributed by atoms with Crippen molar-refractivity contribution < 1.29 is 0 Å². The molecule has 2 aromatic carbocycles. The molecular formula is C14H8BrIN4. The third-order valence-electron chi connectivity index (χ3n) is 2.71. The van der Waals surface area contributed by atoms with Gasteiger partial charge in [0, 0.05) is 19.2 Å². The number of halogens is 2. The Morgan fingerprint density at radius 1 is 0.700 bits per heavy atom. The molecule has 0 aliphatic rings. The van der Waals surface area contributed by atoms with Crippen molar-refractivity contribution in [2.24, 2.45) is 0 Å². The molecule has 0 amide bonds. The van der Waals surface area contributed by atoms with Crippen LogP contribution >= 0.6 is 38.5 Å². The van der Waals surface area contributed by atoms with E-state index in [0.717, 1.165) is 19.2 Å². The Bertz CT molecular complexity index is 682. The minimum absolute atomic E-state index is 0.507. The summed E-state index contributed by atoms with van der Waals surface area (Å²) in [5, 5.41) is 16.7. The van der Waals surface area contributed by atoms with Crippen LogP contribution in [0.4, 0.5) is 0 Å². The zero-order valence-electron chi connectivity index (χ0n) is 10.2. The molecule has 0 spiro atoms. The lowest BCUT2D eigenvalue weighted by Crippen LogP contribution is -2.00. The molecule has 98 valence electrons. The highest BCUT2D eigenvalue weighted by Crippen LogP contribution is 2.25. The lowest BCUT2D eigenvalue weighted by Gasteiger charge is -2.03.